The van der Waals surface area contributed by atoms with Crippen molar-refractivity contribution < 1.29 is 13.5 Å². The summed E-state index contributed by atoms with van der Waals surface area (Å²) >= 11 is 0. The van der Waals surface area contributed by atoms with E-state index < -0.39 is 6.43 Å². The minimum atomic E-state index is -2.68. The number of aromatic nitrogens is 2. The maximum absolute atomic E-state index is 13.8. The number of nitrogens with zero attached hydrogens (tertiary/aromatic N) is 3. The third-order valence-electron chi connectivity index (χ3n) is 6.07. The minimum Gasteiger partial charge on any atom is -0.370 e. The lowest BCUT2D eigenvalue weighted by Crippen LogP contribution is -2.24. The van der Waals surface area contributed by atoms with Crippen LogP contribution in [0.4, 0.5) is 14.5 Å². The summed E-state index contributed by atoms with van der Waals surface area (Å²) < 4.78 is 34.9. The largest absolute Gasteiger partial charge is 0.370 e. The predicted molar refractivity (Wildman–Crippen MR) is 112 cm³/mol. The van der Waals surface area contributed by atoms with Gasteiger partial charge in [0.25, 0.3) is 6.43 Å². The van der Waals surface area contributed by atoms with Crippen molar-refractivity contribution in [1.82, 2.24) is 9.78 Å². The summed E-state index contributed by atoms with van der Waals surface area (Å²) in [7, 11) is 0. The third kappa shape index (κ3) is 3.79. The summed E-state index contributed by atoms with van der Waals surface area (Å²) in [5, 5.41) is 4.26. The molecule has 0 amide bonds. The number of ether oxygens (including phenoxy) is 1. The molecule has 5 rings (SSSR count). The van der Waals surface area contributed by atoms with Gasteiger partial charge in [0, 0.05) is 11.1 Å². The molecule has 3 aromatic rings. The lowest BCUT2D eigenvalue weighted by Gasteiger charge is -2.26. The normalized spacial score (nSPS) is 23.0. The number of hydrogen-bond donors (Lipinski definition) is 0. The molecule has 0 atom stereocenters. The average molecular weight is 407 g/mol. The first kappa shape index (κ1) is 19.1. The van der Waals surface area contributed by atoms with E-state index in [1.54, 1.807) is 10.9 Å². The predicted octanol–water partition coefficient (Wildman–Crippen LogP) is 5.87. The molecule has 2 aliphatic rings. The number of aliphatic imine (C=N–C) groups is 1. The molecule has 2 fully saturated rings. The first-order valence-corrected chi connectivity index (χ1v) is 10.3. The molecule has 30 heavy (non-hydrogen) atoms. The Bertz CT molecular complexity index is 991. The van der Waals surface area contributed by atoms with Crippen molar-refractivity contribution in [2.45, 2.75) is 43.8 Å². The molecule has 1 spiro atoms. The van der Waals surface area contributed by atoms with Crippen molar-refractivity contribution in [2.24, 2.45) is 4.99 Å². The number of benzene rings is 2. The maximum Gasteiger partial charge on any atom is 0.284 e. The highest BCUT2D eigenvalue weighted by Crippen LogP contribution is 2.45. The van der Waals surface area contributed by atoms with Crippen molar-refractivity contribution in [3.05, 3.63) is 83.7 Å². The van der Waals surface area contributed by atoms with Crippen LogP contribution in [0.1, 0.15) is 55.0 Å². The molecule has 1 saturated heterocycles. The molecule has 2 aromatic carbocycles. The van der Waals surface area contributed by atoms with E-state index in [2.05, 4.69) is 5.10 Å². The molecule has 6 heteroatoms. The zero-order valence-electron chi connectivity index (χ0n) is 16.5. The average Bonchev–Trinajstić information content (AvgIpc) is 3.39. The Morgan fingerprint density at radius 1 is 1.00 bits per heavy atom. The van der Waals surface area contributed by atoms with Crippen LogP contribution in [-0.2, 0) is 4.74 Å². The Labute approximate surface area is 174 Å². The van der Waals surface area contributed by atoms with Crippen LogP contribution in [0.5, 0.6) is 0 Å². The van der Waals surface area contributed by atoms with Crippen molar-refractivity contribution in [3.8, 4) is 0 Å². The van der Waals surface area contributed by atoms with Crippen molar-refractivity contribution in [2.75, 3.05) is 6.61 Å². The summed E-state index contributed by atoms with van der Waals surface area (Å²) in [6.45, 7) is 0.828. The van der Waals surface area contributed by atoms with Crippen LogP contribution in [0.3, 0.4) is 0 Å². The molecule has 0 unspecified atom stereocenters. The van der Waals surface area contributed by atoms with Gasteiger partial charge in [0.15, 0.2) is 5.69 Å². The smallest absolute Gasteiger partial charge is 0.284 e. The fraction of sp³-hybridized carbons (Fsp3) is 0.333. The van der Waals surface area contributed by atoms with Gasteiger partial charge < -0.3 is 4.74 Å². The second kappa shape index (κ2) is 7.76. The number of halogens is 2. The molecule has 2 heterocycles. The maximum atomic E-state index is 13.8. The first-order valence-electron chi connectivity index (χ1n) is 10.3. The van der Waals surface area contributed by atoms with Crippen LogP contribution in [0.15, 0.2) is 71.9 Å². The summed E-state index contributed by atoms with van der Waals surface area (Å²) in [5.74, 6) is 0. The van der Waals surface area contributed by atoms with E-state index >= 15 is 0 Å². The van der Waals surface area contributed by atoms with Crippen LogP contribution in [0.2, 0.25) is 0 Å². The summed E-state index contributed by atoms with van der Waals surface area (Å²) in [5.41, 5.74) is 2.44. The SMILES string of the molecule is FC(F)c1nn(C2CCC3(CC2)CO3)cc1N=C(c1ccccc1)c1ccccc1. The molecule has 1 aliphatic heterocycles. The van der Waals surface area contributed by atoms with Gasteiger partial charge in [0.2, 0.25) is 0 Å². The lowest BCUT2D eigenvalue weighted by atomic mass is 9.86. The Morgan fingerprint density at radius 2 is 1.57 bits per heavy atom. The summed E-state index contributed by atoms with van der Waals surface area (Å²) in [4.78, 5) is 4.71. The van der Waals surface area contributed by atoms with E-state index in [1.165, 1.54) is 0 Å². The molecule has 0 radical (unpaired) electrons. The van der Waals surface area contributed by atoms with E-state index in [0.717, 1.165) is 43.4 Å². The fourth-order valence-electron chi connectivity index (χ4n) is 4.22. The van der Waals surface area contributed by atoms with E-state index in [1.807, 2.05) is 60.7 Å². The number of hydrogen-bond acceptors (Lipinski definition) is 3. The molecule has 154 valence electrons. The molecule has 1 aliphatic carbocycles. The van der Waals surface area contributed by atoms with E-state index in [-0.39, 0.29) is 23.0 Å². The van der Waals surface area contributed by atoms with Crippen LogP contribution in [0.25, 0.3) is 0 Å². The molecule has 0 N–H and O–H groups in total. The highest BCUT2D eigenvalue weighted by atomic mass is 19.3. The van der Waals surface area contributed by atoms with Crippen LogP contribution >= 0.6 is 0 Å². The van der Waals surface area contributed by atoms with Gasteiger partial charge in [0.05, 0.1) is 30.2 Å². The molecule has 4 nitrogen and oxygen atoms in total. The van der Waals surface area contributed by atoms with E-state index in [9.17, 15) is 8.78 Å². The Hall–Kier alpha value is -2.86. The summed E-state index contributed by atoms with van der Waals surface area (Å²) in [6, 6.07) is 19.4. The van der Waals surface area contributed by atoms with Crippen LogP contribution in [-0.4, -0.2) is 27.7 Å². The second-order valence-electron chi connectivity index (χ2n) is 8.08. The topological polar surface area (TPSA) is 42.7 Å². The Morgan fingerprint density at radius 3 is 2.07 bits per heavy atom. The van der Waals surface area contributed by atoms with E-state index in [4.69, 9.17) is 9.73 Å². The second-order valence-corrected chi connectivity index (χ2v) is 8.08. The molecule has 1 aromatic heterocycles. The molecule has 0 bridgehead atoms. The highest BCUT2D eigenvalue weighted by Gasteiger charge is 2.47. The van der Waals surface area contributed by atoms with Gasteiger partial charge in [-0.3, -0.25) is 4.68 Å². The van der Waals surface area contributed by atoms with Crippen molar-refractivity contribution in [1.29, 1.82) is 0 Å². The van der Waals surface area contributed by atoms with Gasteiger partial charge in [-0.25, -0.2) is 13.8 Å². The van der Waals surface area contributed by atoms with Gasteiger partial charge in [-0.1, -0.05) is 60.7 Å². The van der Waals surface area contributed by atoms with Crippen molar-refractivity contribution >= 4 is 11.4 Å². The zero-order chi connectivity index (χ0) is 20.6. The van der Waals surface area contributed by atoms with Gasteiger partial charge in [-0.15, -0.1) is 0 Å². The Balaban J connectivity index is 1.53. The third-order valence-corrected chi connectivity index (χ3v) is 6.07. The molecular weight excluding hydrogens is 384 g/mol. The van der Waals surface area contributed by atoms with Crippen molar-refractivity contribution in [3.63, 3.8) is 0 Å². The van der Waals surface area contributed by atoms with Gasteiger partial charge in [-0.2, -0.15) is 5.10 Å². The first-order chi connectivity index (χ1) is 14.6. The van der Waals surface area contributed by atoms with Gasteiger partial charge in [0.1, 0.15) is 5.69 Å². The van der Waals surface area contributed by atoms with Gasteiger partial charge >= 0.3 is 0 Å². The lowest BCUT2D eigenvalue weighted by molar-refractivity contribution is 0.143. The fourth-order valence-corrected chi connectivity index (χ4v) is 4.22. The Kier molecular flexibility index (Phi) is 4.95. The van der Waals surface area contributed by atoms with Crippen LogP contribution < -0.4 is 0 Å². The molecule has 1 saturated carbocycles. The number of rotatable bonds is 5. The standard InChI is InChI=1S/C24H23F2N3O/c25-23(26)22-20(15-29(28-22)19-11-13-24(14-12-19)16-30-24)27-21(17-7-3-1-4-8-17)18-9-5-2-6-10-18/h1-10,15,19,23H,11-14,16H2. The highest BCUT2D eigenvalue weighted by molar-refractivity contribution is 6.14. The molecular formula is C24H23F2N3O. The number of alkyl halides is 2. The monoisotopic (exact) mass is 407 g/mol. The minimum absolute atomic E-state index is 0.0595. The van der Waals surface area contributed by atoms with Gasteiger partial charge in [-0.05, 0) is 25.7 Å². The van der Waals surface area contributed by atoms with Crippen LogP contribution in [0, 0.1) is 0 Å². The zero-order valence-corrected chi connectivity index (χ0v) is 16.5. The quantitative estimate of drug-likeness (QED) is 0.392. The van der Waals surface area contributed by atoms with E-state index in [0.29, 0.717) is 5.71 Å². The number of epoxide rings is 1. The summed E-state index contributed by atoms with van der Waals surface area (Å²) in [6.07, 6.45) is 2.69.